The summed E-state index contributed by atoms with van der Waals surface area (Å²) in [4.78, 5) is 0. The van der Waals surface area contributed by atoms with E-state index in [2.05, 4.69) is 30.9 Å². The van der Waals surface area contributed by atoms with Crippen LogP contribution in [0.3, 0.4) is 0 Å². The van der Waals surface area contributed by atoms with Gasteiger partial charge in [-0.15, -0.1) is 0 Å². The maximum atomic E-state index is 5.75. The molecule has 1 atom stereocenters. The highest BCUT2D eigenvalue weighted by atomic mass is 16.5. The van der Waals surface area contributed by atoms with Gasteiger partial charge in [0.2, 0.25) is 0 Å². The molecule has 0 saturated carbocycles. The zero-order valence-corrected chi connectivity index (χ0v) is 11.0. The van der Waals surface area contributed by atoms with E-state index in [4.69, 9.17) is 4.74 Å². The molecule has 1 aliphatic rings. The zero-order chi connectivity index (χ0) is 13.1. The Kier molecular flexibility index (Phi) is 3.01. The molecule has 19 heavy (non-hydrogen) atoms. The van der Waals surface area contributed by atoms with Gasteiger partial charge in [-0.05, 0) is 18.2 Å². The quantitative estimate of drug-likeness (QED) is 0.698. The average Bonchev–Trinajstić information content (AvgIpc) is 2.79. The third-order valence-electron chi connectivity index (χ3n) is 3.57. The van der Waals surface area contributed by atoms with E-state index in [0.29, 0.717) is 0 Å². The maximum Gasteiger partial charge on any atom is 0.123 e. The van der Waals surface area contributed by atoms with E-state index in [0.717, 1.165) is 24.3 Å². The van der Waals surface area contributed by atoms with Gasteiger partial charge in [-0.3, -0.25) is 0 Å². The van der Waals surface area contributed by atoms with Crippen LogP contribution < -0.4 is 4.74 Å². The molecule has 0 spiro atoms. The molecule has 0 aliphatic carbocycles. The van der Waals surface area contributed by atoms with Crippen LogP contribution in [-0.4, -0.2) is 6.61 Å². The van der Waals surface area contributed by atoms with Crippen LogP contribution in [0.5, 0.6) is 5.75 Å². The summed E-state index contributed by atoms with van der Waals surface area (Å²) in [6.07, 6.45) is 0.818. The Balaban J connectivity index is 1.80. The molecular weight excluding hydrogens is 232 g/mol. The molecule has 1 heterocycles. The molecule has 1 heteroatoms. The lowest BCUT2D eigenvalue weighted by Gasteiger charge is -2.19. The number of hydrogen-bond donors (Lipinski definition) is 0. The molecule has 0 aromatic heterocycles. The first-order chi connectivity index (χ1) is 9.28. The number of rotatable bonds is 1. The Morgan fingerprint density at radius 3 is 2.63 bits per heavy atom. The third-order valence-corrected chi connectivity index (χ3v) is 3.57. The summed E-state index contributed by atoms with van der Waals surface area (Å²) in [6.45, 7) is 2.94. The van der Waals surface area contributed by atoms with Crippen LogP contribution >= 0.6 is 0 Å². The molecule has 0 bridgehead atoms. The van der Waals surface area contributed by atoms with Crippen LogP contribution in [0.15, 0.2) is 54.6 Å². The number of fused-ring (bicyclic) bond motifs is 1. The number of ether oxygens (including phenoxy) is 1. The first-order valence-corrected chi connectivity index (χ1v) is 6.54. The van der Waals surface area contributed by atoms with Gasteiger partial charge in [0.15, 0.2) is 0 Å². The van der Waals surface area contributed by atoms with Crippen molar-refractivity contribution in [1.82, 2.24) is 0 Å². The lowest BCUT2D eigenvalue weighted by Crippen LogP contribution is -2.22. The van der Waals surface area contributed by atoms with Gasteiger partial charge in [0.05, 0.1) is 6.61 Å². The molecule has 3 rings (SSSR count). The summed E-state index contributed by atoms with van der Waals surface area (Å²) in [5.41, 5.74) is 2.36. The highest BCUT2D eigenvalue weighted by Gasteiger charge is 2.35. The van der Waals surface area contributed by atoms with Crippen LogP contribution in [0.4, 0.5) is 0 Å². The van der Waals surface area contributed by atoms with E-state index in [1.165, 1.54) is 5.56 Å². The zero-order valence-electron chi connectivity index (χ0n) is 11.0. The van der Waals surface area contributed by atoms with E-state index < -0.39 is 0 Å². The average molecular weight is 248 g/mol. The second kappa shape index (κ2) is 4.82. The summed E-state index contributed by atoms with van der Waals surface area (Å²) in [6, 6.07) is 18.4. The fourth-order valence-corrected chi connectivity index (χ4v) is 2.41. The largest absolute Gasteiger partial charge is 0.492 e. The smallest absolute Gasteiger partial charge is 0.123 e. The van der Waals surface area contributed by atoms with Crippen molar-refractivity contribution < 1.29 is 4.74 Å². The molecule has 2 aromatic carbocycles. The minimum Gasteiger partial charge on any atom is -0.492 e. The molecule has 0 saturated heterocycles. The van der Waals surface area contributed by atoms with Gasteiger partial charge in [0, 0.05) is 23.0 Å². The highest BCUT2D eigenvalue weighted by Crippen LogP contribution is 2.40. The fourth-order valence-electron chi connectivity index (χ4n) is 2.41. The topological polar surface area (TPSA) is 9.23 Å². The van der Waals surface area contributed by atoms with Gasteiger partial charge in [-0.2, -0.15) is 0 Å². The molecule has 1 nitrogen and oxygen atoms in total. The molecular formula is C18H16O. The second-order valence-corrected chi connectivity index (χ2v) is 5.19. The molecule has 2 aromatic rings. The van der Waals surface area contributed by atoms with Crippen molar-refractivity contribution in [3.8, 4) is 17.6 Å². The van der Waals surface area contributed by atoms with E-state index >= 15 is 0 Å². The second-order valence-electron chi connectivity index (χ2n) is 5.19. The predicted octanol–water partition coefficient (Wildman–Crippen LogP) is 3.78. The van der Waals surface area contributed by atoms with Crippen molar-refractivity contribution >= 4 is 0 Å². The molecule has 0 amide bonds. The van der Waals surface area contributed by atoms with Crippen molar-refractivity contribution in [1.29, 1.82) is 0 Å². The summed E-state index contributed by atoms with van der Waals surface area (Å²) in [5, 5.41) is 0. The normalized spacial score (nSPS) is 20.1. The summed E-state index contributed by atoms with van der Waals surface area (Å²) in [7, 11) is 0. The van der Waals surface area contributed by atoms with Gasteiger partial charge in [0.1, 0.15) is 5.75 Å². The van der Waals surface area contributed by atoms with Crippen LogP contribution in [0.1, 0.15) is 24.5 Å². The first kappa shape index (κ1) is 11.9. The third kappa shape index (κ3) is 2.35. The van der Waals surface area contributed by atoms with Crippen LogP contribution in [-0.2, 0) is 5.41 Å². The van der Waals surface area contributed by atoms with E-state index in [1.807, 2.05) is 42.5 Å². The van der Waals surface area contributed by atoms with Crippen molar-refractivity contribution in [2.24, 2.45) is 0 Å². The summed E-state index contributed by atoms with van der Waals surface area (Å²) in [5.74, 6) is 7.52. The van der Waals surface area contributed by atoms with Crippen LogP contribution in [0.2, 0.25) is 0 Å². The van der Waals surface area contributed by atoms with Crippen molar-refractivity contribution in [2.75, 3.05) is 6.61 Å². The number of para-hydroxylation sites is 1. The molecule has 1 aliphatic heterocycles. The lowest BCUT2D eigenvalue weighted by atomic mass is 9.82. The summed E-state index contributed by atoms with van der Waals surface area (Å²) >= 11 is 0. The van der Waals surface area contributed by atoms with Crippen LogP contribution in [0, 0.1) is 11.8 Å². The van der Waals surface area contributed by atoms with Gasteiger partial charge in [-0.1, -0.05) is 55.2 Å². The van der Waals surface area contributed by atoms with E-state index in [9.17, 15) is 0 Å². The monoisotopic (exact) mass is 248 g/mol. The molecule has 0 radical (unpaired) electrons. The van der Waals surface area contributed by atoms with Gasteiger partial charge < -0.3 is 4.74 Å². The first-order valence-electron chi connectivity index (χ1n) is 6.54. The van der Waals surface area contributed by atoms with Gasteiger partial charge in [0.25, 0.3) is 0 Å². The maximum absolute atomic E-state index is 5.75. The van der Waals surface area contributed by atoms with Gasteiger partial charge in [-0.25, -0.2) is 0 Å². The van der Waals surface area contributed by atoms with E-state index in [-0.39, 0.29) is 5.41 Å². The Hall–Kier alpha value is -2.20. The predicted molar refractivity (Wildman–Crippen MR) is 77.2 cm³/mol. The number of hydrogen-bond acceptors (Lipinski definition) is 1. The minimum atomic E-state index is 0.0123. The Morgan fingerprint density at radius 1 is 1.05 bits per heavy atom. The Morgan fingerprint density at radius 2 is 1.79 bits per heavy atom. The molecule has 0 fully saturated rings. The minimum absolute atomic E-state index is 0.0123. The summed E-state index contributed by atoms with van der Waals surface area (Å²) < 4.78 is 5.75. The Bertz CT molecular complexity index is 633. The van der Waals surface area contributed by atoms with Crippen molar-refractivity contribution in [2.45, 2.75) is 18.8 Å². The molecule has 1 unspecified atom stereocenters. The standard InChI is InChI=1S/C18H16O/c1-18(13-7-10-15-8-3-2-4-9-15)14-19-17-12-6-5-11-16(17)18/h2-6,8-9,11-12H,13-14H2,1H3. The van der Waals surface area contributed by atoms with Crippen LogP contribution in [0.25, 0.3) is 0 Å². The molecule has 94 valence electrons. The highest BCUT2D eigenvalue weighted by molar-refractivity contribution is 5.44. The van der Waals surface area contributed by atoms with Crippen molar-refractivity contribution in [3.05, 3.63) is 65.7 Å². The SMILES string of the molecule is CC1(CC#Cc2ccccc2)COc2ccccc21. The van der Waals surface area contributed by atoms with Crippen molar-refractivity contribution in [3.63, 3.8) is 0 Å². The molecule has 0 N–H and O–H groups in total. The van der Waals surface area contributed by atoms with Gasteiger partial charge >= 0.3 is 0 Å². The number of benzene rings is 2. The lowest BCUT2D eigenvalue weighted by molar-refractivity contribution is 0.281. The fraction of sp³-hybridized carbons (Fsp3) is 0.222. The van der Waals surface area contributed by atoms with E-state index in [1.54, 1.807) is 0 Å². The Labute approximate surface area is 114 Å².